The van der Waals surface area contributed by atoms with Crippen molar-refractivity contribution in [3.63, 3.8) is 0 Å². The number of hydrogen-bond acceptors (Lipinski definition) is 4. The molecule has 0 atom stereocenters. The smallest absolute Gasteiger partial charge is 0.244 e. The summed E-state index contributed by atoms with van der Waals surface area (Å²) < 4.78 is 26.9. The van der Waals surface area contributed by atoms with Gasteiger partial charge in [0.2, 0.25) is 15.9 Å². The monoisotopic (exact) mass is 336 g/mol. The third kappa shape index (κ3) is 4.17. The van der Waals surface area contributed by atoms with Crippen LogP contribution in [0.3, 0.4) is 0 Å². The number of benzene rings is 1. The van der Waals surface area contributed by atoms with E-state index in [1.54, 1.807) is 19.9 Å². The summed E-state index contributed by atoms with van der Waals surface area (Å²) in [4.78, 5) is 12.0. The zero-order valence-corrected chi connectivity index (χ0v) is 14.1. The van der Waals surface area contributed by atoms with Gasteiger partial charge in [-0.15, -0.1) is 0 Å². The lowest BCUT2D eigenvalue weighted by atomic mass is 10.2. The number of H-pyrrole nitrogens is 1. The van der Waals surface area contributed by atoms with E-state index >= 15 is 0 Å². The van der Waals surface area contributed by atoms with Crippen LogP contribution in [-0.4, -0.2) is 31.1 Å². The number of para-hydroxylation sites is 1. The first-order chi connectivity index (χ1) is 10.8. The van der Waals surface area contributed by atoms with Gasteiger partial charge in [-0.2, -0.15) is 5.10 Å². The maximum absolute atomic E-state index is 12.2. The van der Waals surface area contributed by atoms with Gasteiger partial charge in [-0.05, 0) is 32.4 Å². The lowest BCUT2D eigenvalue weighted by Crippen LogP contribution is -2.28. The van der Waals surface area contributed by atoms with E-state index < -0.39 is 10.0 Å². The van der Waals surface area contributed by atoms with Crippen molar-refractivity contribution in [1.29, 1.82) is 0 Å². The fraction of sp³-hybridized carbons (Fsp3) is 0.333. The molecule has 124 valence electrons. The van der Waals surface area contributed by atoms with E-state index in [0.717, 1.165) is 11.3 Å². The number of sulfonamides is 1. The van der Waals surface area contributed by atoms with E-state index in [1.807, 2.05) is 25.1 Å². The molecule has 8 heteroatoms. The molecule has 0 aliphatic rings. The second kappa shape index (κ2) is 6.93. The van der Waals surface area contributed by atoms with Gasteiger partial charge in [0.1, 0.15) is 4.90 Å². The first-order valence-corrected chi connectivity index (χ1v) is 8.66. The standard InChI is InChI=1S/C15H20N4O3S/c1-10-6-4-5-7-13(10)17-14(20)8-9-16-23(21,22)15-11(2)18-19-12(15)3/h4-7,16H,8-9H2,1-3H3,(H,17,20)(H,18,19). The average molecular weight is 336 g/mol. The van der Waals surface area contributed by atoms with Crippen LogP contribution in [0.1, 0.15) is 23.4 Å². The second-order valence-corrected chi connectivity index (χ2v) is 6.98. The molecule has 1 heterocycles. The summed E-state index contributed by atoms with van der Waals surface area (Å²) >= 11 is 0. The fourth-order valence-corrected chi connectivity index (χ4v) is 3.63. The van der Waals surface area contributed by atoms with Crippen LogP contribution in [-0.2, 0) is 14.8 Å². The highest BCUT2D eigenvalue weighted by Gasteiger charge is 2.21. The number of aromatic nitrogens is 2. The summed E-state index contributed by atoms with van der Waals surface area (Å²) in [6, 6.07) is 7.41. The minimum atomic E-state index is -3.68. The molecule has 23 heavy (non-hydrogen) atoms. The lowest BCUT2D eigenvalue weighted by molar-refractivity contribution is -0.116. The Hall–Kier alpha value is -2.19. The van der Waals surface area contributed by atoms with Crippen LogP contribution in [0.15, 0.2) is 29.2 Å². The quantitative estimate of drug-likeness (QED) is 0.746. The van der Waals surface area contributed by atoms with Gasteiger partial charge in [0.05, 0.1) is 11.4 Å². The largest absolute Gasteiger partial charge is 0.326 e. The summed E-state index contributed by atoms with van der Waals surface area (Å²) in [6.45, 7) is 5.16. The molecule has 0 radical (unpaired) electrons. The minimum Gasteiger partial charge on any atom is -0.326 e. The summed E-state index contributed by atoms with van der Waals surface area (Å²) in [5.74, 6) is -0.248. The minimum absolute atomic E-state index is 0.0180. The molecule has 0 saturated heterocycles. The van der Waals surface area contributed by atoms with E-state index in [2.05, 4.69) is 20.2 Å². The number of aromatic amines is 1. The normalized spacial score (nSPS) is 11.4. The number of anilines is 1. The maximum atomic E-state index is 12.2. The van der Waals surface area contributed by atoms with Gasteiger partial charge in [0, 0.05) is 18.7 Å². The van der Waals surface area contributed by atoms with Crippen LogP contribution < -0.4 is 10.0 Å². The highest BCUT2D eigenvalue weighted by atomic mass is 32.2. The third-order valence-electron chi connectivity index (χ3n) is 3.39. The first-order valence-electron chi connectivity index (χ1n) is 7.18. The molecule has 0 aliphatic heterocycles. The molecule has 0 bridgehead atoms. The molecule has 0 saturated carbocycles. The van der Waals surface area contributed by atoms with Crippen LogP contribution in [0.2, 0.25) is 0 Å². The van der Waals surface area contributed by atoms with E-state index in [4.69, 9.17) is 0 Å². The molecular formula is C15H20N4O3S. The molecule has 1 aromatic carbocycles. The summed E-state index contributed by atoms with van der Waals surface area (Å²) in [6.07, 6.45) is 0.0451. The Morgan fingerprint density at radius 3 is 2.52 bits per heavy atom. The van der Waals surface area contributed by atoms with E-state index in [1.165, 1.54) is 0 Å². The van der Waals surface area contributed by atoms with Crippen molar-refractivity contribution in [3.8, 4) is 0 Å². The fourth-order valence-electron chi connectivity index (χ4n) is 2.23. The lowest BCUT2D eigenvalue weighted by Gasteiger charge is -2.09. The SMILES string of the molecule is Cc1ccccc1NC(=O)CCNS(=O)(=O)c1c(C)n[nH]c1C. The number of rotatable bonds is 6. The van der Waals surface area contributed by atoms with Crippen molar-refractivity contribution in [2.24, 2.45) is 0 Å². The number of carbonyl (C=O) groups excluding carboxylic acids is 1. The molecule has 1 amide bonds. The number of nitrogens with one attached hydrogen (secondary N) is 3. The molecule has 3 N–H and O–H groups in total. The number of amides is 1. The van der Waals surface area contributed by atoms with Gasteiger partial charge in [-0.3, -0.25) is 9.89 Å². The van der Waals surface area contributed by atoms with Crippen LogP contribution in [0.25, 0.3) is 0 Å². The summed E-state index contributed by atoms with van der Waals surface area (Å²) in [5, 5.41) is 9.26. The first kappa shape index (κ1) is 17.2. The van der Waals surface area contributed by atoms with Gasteiger partial charge >= 0.3 is 0 Å². The van der Waals surface area contributed by atoms with Gasteiger partial charge in [0.15, 0.2) is 0 Å². The van der Waals surface area contributed by atoms with E-state index in [-0.39, 0.29) is 23.8 Å². The molecule has 2 aromatic rings. The highest BCUT2D eigenvalue weighted by molar-refractivity contribution is 7.89. The van der Waals surface area contributed by atoms with Crippen LogP contribution in [0, 0.1) is 20.8 Å². The zero-order chi connectivity index (χ0) is 17.0. The summed E-state index contributed by atoms with van der Waals surface area (Å²) in [7, 11) is -3.68. The molecule has 7 nitrogen and oxygen atoms in total. The Morgan fingerprint density at radius 1 is 1.22 bits per heavy atom. The topological polar surface area (TPSA) is 104 Å². The molecule has 0 fully saturated rings. The second-order valence-electron chi connectivity index (χ2n) is 5.27. The Balaban J connectivity index is 1.92. The van der Waals surface area contributed by atoms with E-state index in [9.17, 15) is 13.2 Å². The molecule has 0 aliphatic carbocycles. The van der Waals surface area contributed by atoms with Gasteiger partial charge in [0.25, 0.3) is 0 Å². The molecule has 1 aromatic heterocycles. The van der Waals surface area contributed by atoms with Gasteiger partial charge in [-0.1, -0.05) is 18.2 Å². The predicted octanol–water partition coefficient (Wildman–Crippen LogP) is 1.64. The van der Waals surface area contributed by atoms with Crippen LogP contribution >= 0.6 is 0 Å². The van der Waals surface area contributed by atoms with Gasteiger partial charge < -0.3 is 5.32 Å². The Bertz CT molecular complexity index is 792. The molecule has 0 spiro atoms. The van der Waals surface area contributed by atoms with Crippen molar-refractivity contribution < 1.29 is 13.2 Å². The molecule has 0 unspecified atom stereocenters. The van der Waals surface area contributed by atoms with Crippen LogP contribution in [0.5, 0.6) is 0 Å². The Labute approximate surface area is 135 Å². The van der Waals surface area contributed by atoms with Crippen molar-refractivity contribution in [1.82, 2.24) is 14.9 Å². The number of nitrogens with zero attached hydrogens (tertiary/aromatic N) is 1. The molecular weight excluding hydrogens is 316 g/mol. The average Bonchev–Trinajstić information content (AvgIpc) is 2.81. The zero-order valence-electron chi connectivity index (χ0n) is 13.3. The van der Waals surface area contributed by atoms with Gasteiger partial charge in [-0.25, -0.2) is 13.1 Å². The van der Waals surface area contributed by atoms with E-state index in [0.29, 0.717) is 11.4 Å². The Morgan fingerprint density at radius 2 is 1.91 bits per heavy atom. The van der Waals surface area contributed by atoms with Crippen molar-refractivity contribution in [2.45, 2.75) is 32.1 Å². The number of aryl methyl sites for hydroxylation is 3. The predicted molar refractivity (Wildman–Crippen MR) is 87.7 cm³/mol. The summed E-state index contributed by atoms with van der Waals surface area (Å²) in [5.41, 5.74) is 2.55. The third-order valence-corrected chi connectivity index (χ3v) is 5.12. The number of hydrogen-bond donors (Lipinski definition) is 3. The maximum Gasteiger partial charge on any atom is 0.244 e. The molecule has 2 rings (SSSR count). The van der Waals surface area contributed by atoms with Crippen LogP contribution in [0.4, 0.5) is 5.69 Å². The van der Waals surface area contributed by atoms with Crippen molar-refractivity contribution in [2.75, 3.05) is 11.9 Å². The number of carbonyl (C=O) groups is 1. The van der Waals surface area contributed by atoms with Crippen molar-refractivity contribution >= 4 is 21.6 Å². The van der Waals surface area contributed by atoms with Crippen molar-refractivity contribution in [3.05, 3.63) is 41.2 Å². The Kier molecular flexibility index (Phi) is 5.17. The highest BCUT2D eigenvalue weighted by Crippen LogP contribution is 2.16.